The lowest BCUT2D eigenvalue weighted by molar-refractivity contribution is -0.140. The lowest BCUT2D eigenvalue weighted by atomic mass is 9.80. The first-order valence-corrected chi connectivity index (χ1v) is 13.3. The summed E-state index contributed by atoms with van der Waals surface area (Å²) >= 11 is 0. The fourth-order valence-corrected chi connectivity index (χ4v) is 4.85. The summed E-state index contributed by atoms with van der Waals surface area (Å²) in [6.07, 6.45) is 12.8. The van der Waals surface area contributed by atoms with Gasteiger partial charge >= 0.3 is 11.9 Å². The highest BCUT2D eigenvalue weighted by Gasteiger charge is 2.27. The number of esters is 2. The van der Waals surface area contributed by atoms with Gasteiger partial charge in [0.15, 0.2) is 0 Å². The van der Waals surface area contributed by atoms with Crippen molar-refractivity contribution in [2.24, 2.45) is 11.8 Å². The van der Waals surface area contributed by atoms with Gasteiger partial charge in [0, 0.05) is 23.4 Å². The van der Waals surface area contributed by atoms with E-state index in [4.69, 9.17) is 20.9 Å². The zero-order valence-electron chi connectivity index (χ0n) is 21.9. The zero-order valence-corrected chi connectivity index (χ0v) is 21.9. The molecular weight excluding hydrogens is 464 g/mol. The molecule has 1 unspecified atom stereocenters. The minimum atomic E-state index is -0.416. The van der Waals surface area contributed by atoms with Crippen LogP contribution in [0.15, 0.2) is 61.2 Å². The van der Waals surface area contributed by atoms with E-state index in [0.29, 0.717) is 23.0 Å². The third-order valence-electron chi connectivity index (χ3n) is 6.99. The Morgan fingerprint density at radius 2 is 1.73 bits per heavy atom. The summed E-state index contributed by atoms with van der Waals surface area (Å²) in [5, 5.41) is 0. The maximum absolute atomic E-state index is 12.5. The lowest BCUT2D eigenvalue weighted by Crippen LogP contribution is -2.25. The second-order valence-corrected chi connectivity index (χ2v) is 9.97. The van der Waals surface area contributed by atoms with E-state index in [1.165, 1.54) is 6.08 Å². The van der Waals surface area contributed by atoms with Crippen molar-refractivity contribution in [2.75, 3.05) is 18.1 Å². The molecule has 2 aromatic rings. The highest BCUT2D eigenvalue weighted by Crippen LogP contribution is 2.32. The number of ether oxygens (including phenoxy) is 2. The van der Waals surface area contributed by atoms with Crippen LogP contribution in [0.5, 0.6) is 5.75 Å². The number of unbranched alkanes of at least 4 members (excludes halogenated alkanes) is 1. The molecule has 6 heteroatoms. The van der Waals surface area contributed by atoms with Crippen LogP contribution in [0, 0.1) is 11.8 Å². The molecular formula is C31H40N2O4. The van der Waals surface area contributed by atoms with E-state index in [1.54, 1.807) is 24.3 Å². The fourth-order valence-electron chi connectivity index (χ4n) is 4.85. The molecule has 0 radical (unpaired) electrons. The molecule has 3 rings (SSSR count). The van der Waals surface area contributed by atoms with Crippen LogP contribution >= 0.6 is 0 Å². The molecule has 1 saturated carbocycles. The van der Waals surface area contributed by atoms with Gasteiger partial charge in [0.1, 0.15) is 5.75 Å². The van der Waals surface area contributed by atoms with E-state index >= 15 is 0 Å². The van der Waals surface area contributed by atoms with Crippen molar-refractivity contribution in [3.8, 4) is 5.75 Å². The fraction of sp³-hybridized carbons (Fsp3) is 0.419. The Morgan fingerprint density at radius 1 is 1.05 bits per heavy atom. The Hall–Kier alpha value is -3.54. The molecule has 1 fully saturated rings. The largest absolute Gasteiger partial charge is 0.462 e. The van der Waals surface area contributed by atoms with Crippen LogP contribution in [0.4, 0.5) is 11.4 Å². The monoisotopic (exact) mass is 504 g/mol. The minimum Gasteiger partial charge on any atom is -0.462 e. The molecule has 0 saturated heterocycles. The van der Waals surface area contributed by atoms with Gasteiger partial charge in [0.2, 0.25) is 0 Å². The van der Waals surface area contributed by atoms with Crippen molar-refractivity contribution < 1.29 is 19.1 Å². The van der Waals surface area contributed by atoms with Gasteiger partial charge < -0.3 is 20.9 Å². The number of nitrogen functional groups attached to an aromatic ring is 2. The number of anilines is 2. The molecule has 0 aromatic heterocycles. The summed E-state index contributed by atoms with van der Waals surface area (Å²) in [5.41, 5.74) is 14.9. The van der Waals surface area contributed by atoms with Gasteiger partial charge in [-0.15, -0.1) is 6.58 Å². The van der Waals surface area contributed by atoms with Crippen molar-refractivity contribution in [1.29, 1.82) is 0 Å². The van der Waals surface area contributed by atoms with Gasteiger partial charge in [-0.25, -0.2) is 4.79 Å². The second-order valence-electron chi connectivity index (χ2n) is 9.97. The van der Waals surface area contributed by atoms with Gasteiger partial charge in [-0.3, -0.25) is 4.79 Å². The smallest absolute Gasteiger partial charge is 0.330 e. The standard InChI is InChI=1S/C31H40N2O4/c1-3-5-7-25(26-18-27(32)20-28(33)19-26)21-36-30(34)17-12-23-10-15-29(16-11-23)37-31(35)24-13-8-22(6-4-2)9-14-24/h4,10-12,15-20,22,24-25H,2-3,5-9,13-14,21,32-33H2,1H3/b17-12+. The van der Waals surface area contributed by atoms with E-state index in [2.05, 4.69) is 13.5 Å². The molecule has 0 heterocycles. The van der Waals surface area contributed by atoms with Crippen molar-refractivity contribution in [3.05, 3.63) is 72.3 Å². The van der Waals surface area contributed by atoms with Gasteiger partial charge in [-0.2, -0.15) is 0 Å². The zero-order chi connectivity index (χ0) is 26.6. The Balaban J connectivity index is 1.49. The van der Waals surface area contributed by atoms with E-state index in [0.717, 1.165) is 62.5 Å². The van der Waals surface area contributed by atoms with Gasteiger partial charge in [0.25, 0.3) is 0 Å². The predicted octanol–water partition coefficient (Wildman–Crippen LogP) is 6.67. The van der Waals surface area contributed by atoms with E-state index < -0.39 is 5.97 Å². The Labute approximate surface area is 220 Å². The topological polar surface area (TPSA) is 105 Å². The molecule has 0 bridgehead atoms. The molecule has 2 aromatic carbocycles. The average molecular weight is 505 g/mol. The predicted molar refractivity (Wildman–Crippen MR) is 150 cm³/mol. The van der Waals surface area contributed by atoms with Crippen LogP contribution in [0.3, 0.4) is 0 Å². The summed E-state index contributed by atoms with van der Waals surface area (Å²) in [5.74, 6) is 0.564. The molecule has 6 nitrogen and oxygen atoms in total. The number of rotatable bonds is 12. The summed E-state index contributed by atoms with van der Waals surface area (Å²) in [7, 11) is 0. The van der Waals surface area contributed by atoms with Crippen molar-refractivity contribution in [1.82, 2.24) is 0 Å². The number of hydrogen-bond acceptors (Lipinski definition) is 6. The quantitative estimate of drug-likeness (QED) is 0.110. The van der Waals surface area contributed by atoms with Crippen LogP contribution in [0.1, 0.15) is 75.3 Å². The molecule has 1 aliphatic carbocycles. The third kappa shape index (κ3) is 9.12. The first kappa shape index (κ1) is 28.0. The van der Waals surface area contributed by atoms with Crippen LogP contribution in [-0.2, 0) is 14.3 Å². The van der Waals surface area contributed by atoms with Crippen molar-refractivity contribution in [2.45, 2.75) is 64.2 Å². The molecule has 0 aliphatic heterocycles. The summed E-state index contributed by atoms with van der Waals surface area (Å²) in [4.78, 5) is 24.9. The maximum Gasteiger partial charge on any atom is 0.330 e. The molecule has 0 amide bonds. The number of carbonyl (C=O) groups is 2. The first-order chi connectivity index (χ1) is 17.9. The maximum atomic E-state index is 12.5. The van der Waals surface area contributed by atoms with E-state index in [1.807, 2.05) is 30.3 Å². The lowest BCUT2D eigenvalue weighted by Gasteiger charge is -2.26. The molecule has 0 spiro atoms. The minimum absolute atomic E-state index is 0.0362. The van der Waals surface area contributed by atoms with Crippen LogP contribution in [-0.4, -0.2) is 18.5 Å². The van der Waals surface area contributed by atoms with Gasteiger partial charge in [0.05, 0.1) is 12.5 Å². The summed E-state index contributed by atoms with van der Waals surface area (Å²) in [6, 6.07) is 12.6. The number of benzene rings is 2. The number of nitrogens with two attached hydrogens (primary N) is 2. The normalized spacial score (nSPS) is 18.3. The van der Waals surface area contributed by atoms with Crippen LogP contribution in [0.2, 0.25) is 0 Å². The van der Waals surface area contributed by atoms with Gasteiger partial charge in [-0.1, -0.05) is 38.0 Å². The molecule has 4 N–H and O–H groups in total. The van der Waals surface area contributed by atoms with Crippen LogP contribution < -0.4 is 16.2 Å². The van der Waals surface area contributed by atoms with Gasteiger partial charge in [-0.05, 0) is 92.0 Å². The molecule has 37 heavy (non-hydrogen) atoms. The SMILES string of the molecule is C=CCC1CCC(C(=O)Oc2ccc(/C=C/C(=O)OCC(CCCC)c3cc(N)cc(N)c3)cc2)CC1. The molecule has 1 aliphatic rings. The highest BCUT2D eigenvalue weighted by atomic mass is 16.5. The average Bonchev–Trinajstić information content (AvgIpc) is 2.88. The Morgan fingerprint density at radius 3 is 2.35 bits per heavy atom. The Bertz CT molecular complexity index is 1050. The van der Waals surface area contributed by atoms with Crippen molar-refractivity contribution in [3.63, 3.8) is 0 Å². The summed E-state index contributed by atoms with van der Waals surface area (Å²) in [6.45, 7) is 6.19. The number of hydrogen-bond donors (Lipinski definition) is 2. The van der Waals surface area contributed by atoms with Crippen molar-refractivity contribution >= 4 is 29.4 Å². The first-order valence-electron chi connectivity index (χ1n) is 13.3. The molecule has 1 atom stereocenters. The number of allylic oxidation sites excluding steroid dienone is 1. The van der Waals surface area contributed by atoms with E-state index in [-0.39, 0.29) is 24.4 Å². The highest BCUT2D eigenvalue weighted by molar-refractivity contribution is 5.87. The van der Waals surface area contributed by atoms with Crippen LogP contribution in [0.25, 0.3) is 6.08 Å². The third-order valence-corrected chi connectivity index (χ3v) is 6.99. The Kier molecular flexibility index (Phi) is 10.8. The molecule has 198 valence electrons. The summed E-state index contributed by atoms with van der Waals surface area (Å²) < 4.78 is 11.1. The van der Waals surface area contributed by atoms with E-state index in [9.17, 15) is 9.59 Å². The second kappa shape index (κ2) is 14.3. The number of carbonyl (C=O) groups excluding carboxylic acids is 2.